The smallest absolute Gasteiger partial charge is 0.998 e. The van der Waals surface area contributed by atoms with Crippen LogP contribution in [0.5, 0.6) is 0 Å². The predicted octanol–water partition coefficient (Wildman–Crippen LogP) is 2.52. The molecule has 1 aromatic carbocycles. The van der Waals surface area contributed by atoms with Gasteiger partial charge in [-0.1, -0.05) is 6.92 Å². The average Bonchev–Trinajstić information content (AvgIpc) is 2.14. The summed E-state index contributed by atoms with van der Waals surface area (Å²) in [6.45, 7) is 2.06. The molecule has 0 saturated carbocycles. The van der Waals surface area contributed by atoms with Gasteiger partial charge in [0.1, 0.15) is 0 Å². The fourth-order valence-electron chi connectivity index (χ4n) is 0.421. The maximum absolute atomic E-state index is 2.85. The summed E-state index contributed by atoms with van der Waals surface area (Å²) in [5.74, 6) is 0. The van der Waals surface area contributed by atoms with E-state index in [0.717, 1.165) is 12.0 Å². The largest absolute Gasteiger partial charge is 4.00 e. The summed E-state index contributed by atoms with van der Waals surface area (Å²) in [5, 5.41) is 0. The van der Waals surface area contributed by atoms with Crippen molar-refractivity contribution in [3.63, 3.8) is 0 Å². The van der Waals surface area contributed by atoms with Crippen molar-refractivity contribution in [1.29, 1.82) is 0 Å². The van der Waals surface area contributed by atoms with Gasteiger partial charge >= 0.3 is 21.1 Å². The Bertz CT molecular complexity index is 119. The minimum atomic E-state index is 0. The van der Waals surface area contributed by atoms with E-state index in [4.69, 9.17) is 0 Å². The van der Waals surface area contributed by atoms with E-state index in [1.165, 1.54) is 0 Å². The van der Waals surface area contributed by atoms with Gasteiger partial charge < -0.3 is 52.1 Å². The van der Waals surface area contributed by atoms with Crippen molar-refractivity contribution in [2.75, 3.05) is 0 Å². The van der Waals surface area contributed by atoms with Crippen molar-refractivity contribution in [3.8, 4) is 0 Å². The van der Waals surface area contributed by atoms with Gasteiger partial charge in [0.2, 0.25) is 0 Å². The quantitative estimate of drug-likeness (QED) is 0.695. The van der Waals surface area contributed by atoms with Crippen molar-refractivity contribution < 1.29 is 21.1 Å². The molecule has 0 N–H and O–H groups in total. The molecule has 0 atom stereocenters. The standard InChI is InChI=1S/C7H5.3CH3.Pt/c1-2-7-5-3-4-6-7;;;;/h2H2,1H3;3*1H3;/q-5;3*-1;+4. The fourth-order valence-corrected chi connectivity index (χ4v) is 0.421. The molecular formula is C10H14Pt-4. The molecule has 0 heterocycles. The van der Waals surface area contributed by atoms with Gasteiger partial charge in [-0.05, 0) is 0 Å². The SMILES string of the molecule is CC[c-]1[c-][c-][c-][c-]1.[CH3-].[CH3-].[CH3-].[Pt+4]. The Balaban J connectivity index is -0.0000000612. The van der Waals surface area contributed by atoms with Gasteiger partial charge in [-0.25, -0.2) is 6.42 Å². The molecule has 0 radical (unpaired) electrons. The Morgan fingerprint density at radius 3 is 1.55 bits per heavy atom. The molecule has 11 heavy (non-hydrogen) atoms. The van der Waals surface area contributed by atoms with Crippen LogP contribution in [-0.4, -0.2) is 0 Å². The van der Waals surface area contributed by atoms with Crippen molar-refractivity contribution in [3.05, 3.63) is 52.1 Å². The van der Waals surface area contributed by atoms with Crippen LogP contribution in [-0.2, 0) is 27.5 Å². The average molecular weight is 329 g/mol. The molecule has 0 aliphatic carbocycles. The minimum Gasteiger partial charge on any atom is -0.998 e. The summed E-state index contributed by atoms with van der Waals surface area (Å²) in [6.07, 6.45) is 0.986. The van der Waals surface area contributed by atoms with Crippen molar-refractivity contribution >= 4 is 0 Å². The fraction of sp³-hybridized carbons (Fsp3) is 0.200. The molecule has 1 aromatic rings. The minimum absolute atomic E-state index is 0. The van der Waals surface area contributed by atoms with E-state index in [2.05, 4.69) is 31.2 Å². The first-order valence-electron chi connectivity index (χ1n) is 2.31. The molecule has 68 valence electrons. The molecule has 0 aliphatic heterocycles. The maximum atomic E-state index is 2.85. The summed E-state index contributed by atoms with van der Waals surface area (Å²) in [6, 6.07) is 11.1. The molecule has 1 heteroatoms. The summed E-state index contributed by atoms with van der Waals surface area (Å²) in [5.41, 5.74) is 1.07. The molecule has 1 rings (SSSR count). The molecule has 0 amide bonds. The van der Waals surface area contributed by atoms with Gasteiger partial charge in [-0.15, -0.1) is 0 Å². The number of hydrogen-bond donors (Lipinski definition) is 0. The Morgan fingerprint density at radius 2 is 1.36 bits per heavy atom. The van der Waals surface area contributed by atoms with Crippen LogP contribution in [0.1, 0.15) is 12.5 Å². The van der Waals surface area contributed by atoms with Crippen LogP contribution in [0.3, 0.4) is 0 Å². The molecule has 0 nitrogen and oxygen atoms in total. The van der Waals surface area contributed by atoms with E-state index in [9.17, 15) is 0 Å². The molecule has 0 saturated heterocycles. The van der Waals surface area contributed by atoms with E-state index in [-0.39, 0.29) is 43.3 Å². The zero-order chi connectivity index (χ0) is 5.11. The van der Waals surface area contributed by atoms with Crippen LogP contribution in [0, 0.1) is 46.5 Å². The van der Waals surface area contributed by atoms with Crippen LogP contribution in [0.15, 0.2) is 0 Å². The summed E-state index contributed by atoms with van der Waals surface area (Å²) in [7, 11) is 0. The van der Waals surface area contributed by atoms with Crippen LogP contribution >= 0.6 is 0 Å². The molecule has 0 aromatic heterocycles. The normalized spacial score (nSPS) is 5.91. The first kappa shape index (κ1) is 22.5. The first-order chi connectivity index (χ1) is 3.43. The predicted molar refractivity (Wildman–Crippen MR) is 46.0 cm³/mol. The molecular weight excluding hydrogens is 315 g/mol. The van der Waals surface area contributed by atoms with E-state index in [1.54, 1.807) is 0 Å². The van der Waals surface area contributed by atoms with Crippen LogP contribution in [0.25, 0.3) is 0 Å². The Hall–Kier alpha value is 0.0383. The zero-order valence-electron chi connectivity index (χ0n) is 7.52. The molecule has 0 spiro atoms. The van der Waals surface area contributed by atoms with Gasteiger partial charge in [0.25, 0.3) is 0 Å². The van der Waals surface area contributed by atoms with Crippen LogP contribution < -0.4 is 0 Å². The summed E-state index contributed by atoms with van der Waals surface area (Å²) < 4.78 is 0. The van der Waals surface area contributed by atoms with Crippen LogP contribution in [0.2, 0.25) is 0 Å². The van der Waals surface area contributed by atoms with Crippen molar-refractivity contribution in [2.45, 2.75) is 13.3 Å². The maximum Gasteiger partial charge on any atom is 4.00 e. The number of aryl methyl sites for hydroxylation is 1. The van der Waals surface area contributed by atoms with Crippen molar-refractivity contribution in [1.82, 2.24) is 0 Å². The third kappa shape index (κ3) is 7.94. The second-order valence-electron chi connectivity index (χ2n) is 1.33. The molecule has 0 aliphatic rings. The Labute approximate surface area is 86.7 Å². The second-order valence-corrected chi connectivity index (χ2v) is 1.33. The van der Waals surface area contributed by atoms with Crippen molar-refractivity contribution in [2.24, 2.45) is 0 Å². The molecule has 0 fully saturated rings. The third-order valence-electron chi connectivity index (χ3n) is 0.843. The second kappa shape index (κ2) is 12.7. The molecule has 0 unspecified atom stereocenters. The van der Waals surface area contributed by atoms with E-state index >= 15 is 0 Å². The Kier molecular flexibility index (Phi) is 25.9. The number of hydrogen-bond acceptors (Lipinski definition) is 0. The monoisotopic (exact) mass is 329 g/mol. The molecule has 0 bridgehead atoms. The summed E-state index contributed by atoms with van der Waals surface area (Å²) >= 11 is 0. The Morgan fingerprint density at radius 1 is 1.00 bits per heavy atom. The topological polar surface area (TPSA) is 0 Å². The van der Waals surface area contributed by atoms with E-state index in [1.807, 2.05) is 0 Å². The first-order valence-corrected chi connectivity index (χ1v) is 2.31. The number of rotatable bonds is 1. The van der Waals surface area contributed by atoms with Gasteiger partial charge in [-0.3, -0.25) is 0 Å². The summed E-state index contributed by atoms with van der Waals surface area (Å²) in [4.78, 5) is 0. The van der Waals surface area contributed by atoms with Gasteiger partial charge in [0, 0.05) is 0 Å². The van der Waals surface area contributed by atoms with Crippen LogP contribution in [0.4, 0.5) is 0 Å². The zero-order valence-corrected chi connectivity index (χ0v) is 9.80. The van der Waals surface area contributed by atoms with Gasteiger partial charge in [-0.2, -0.15) is 0 Å². The van der Waals surface area contributed by atoms with E-state index < -0.39 is 0 Å². The van der Waals surface area contributed by atoms with E-state index in [0.29, 0.717) is 0 Å². The third-order valence-corrected chi connectivity index (χ3v) is 0.843. The van der Waals surface area contributed by atoms with Gasteiger partial charge in [0.15, 0.2) is 0 Å². The van der Waals surface area contributed by atoms with Gasteiger partial charge in [0.05, 0.1) is 0 Å².